The molecule has 0 radical (unpaired) electrons. The monoisotopic (exact) mass is 297 g/mol. The molecule has 0 amide bonds. The fraction of sp³-hybridized carbons (Fsp3) is 0.846. The molecular weight excluding hydrogens is 274 g/mol. The number of piperazine rings is 1. The highest BCUT2D eigenvalue weighted by molar-refractivity contribution is 7.99. The normalized spacial score (nSPS) is 32.9. The molecule has 3 atom stereocenters. The molecule has 3 rings (SSSR count). The van der Waals surface area contributed by atoms with Crippen molar-refractivity contribution in [2.24, 2.45) is 5.73 Å². The number of thioether (sulfide) groups is 1. The first-order valence-corrected chi connectivity index (χ1v) is 8.33. The fourth-order valence-corrected chi connectivity index (χ4v) is 4.14. The molecule has 0 aliphatic carbocycles. The Kier molecular flexibility index (Phi) is 4.30. The average Bonchev–Trinajstić information content (AvgIpc) is 3.02. The summed E-state index contributed by atoms with van der Waals surface area (Å²) in [5, 5.41) is 4.15. The largest absolute Gasteiger partial charge is 0.339 e. The second-order valence-corrected chi connectivity index (χ2v) is 7.03. The van der Waals surface area contributed by atoms with Crippen molar-refractivity contribution >= 4 is 11.8 Å². The summed E-state index contributed by atoms with van der Waals surface area (Å²) in [5.74, 6) is 3.75. The summed E-state index contributed by atoms with van der Waals surface area (Å²) in [6.07, 6.45) is 0.847. The molecule has 3 unspecified atom stereocenters. The van der Waals surface area contributed by atoms with Crippen LogP contribution in [0.3, 0.4) is 0 Å². The van der Waals surface area contributed by atoms with Gasteiger partial charge in [0, 0.05) is 49.6 Å². The lowest BCUT2D eigenvalue weighted by molar-refractivity contribution is 0.113. The van der Waals surface area contributed by atoms with Crippen LogP contribution in [-0.2, 0) is 6.42 Å². The van der Waals surface area contributed by atoms with Crippen molar-refractivity contribution < 1.29 is 4.52 Å². The van der Waals surface area contributed by atoms with Gasteiger partial charge in [-0.05, 0) is 14.1 Å². The van der Waals surface area contributed by atoms with Crippen molar-refractivity contribution in [2.45, 2.75) is 24.4 Å². The van der Waals surface area contributed by atoms with Gasteiger partial charge in [0.1, 0.15) is 0 Å². The van der Waals surface area contributed by atoms with Crippen LogP contribution >= 0.6 is 11.8 Å². The number of likely N-dealkylation sites (N-methyl/N-ethyl adjacent to an activating group) is 2. The van der Waals surface area contributed by atoms with Gasteiger partial charge in [-0.3, -0.25) is 0 Å². The fourth-order valence-electron chi connectivity index (χ4n) is 2.86. The maximum absolute atomic E-state index is 6.08. The molecule has 7 heteroatoms. The molecule has 2 saturated heterocycles. The molecule has 0 saturated carbocycles. The van der Waals surface area contributed by atoms with Crippen LogP contribution in [0.15, 0.2) is 4.52 Å². The van der Waals surface area contributed by atoms with E-state index in [0.29, 0.717) is 6.04 Å². The molecule has 2 aliphatic rings. The number of nitrogens with two attached hydrogens (primary N) is 1. The molecule has 20 heavy (non-hydrogen) atoms. The van der Waals surface area contributed by atoms with Crippen molar-refractivity contribution in [2.75, 3.05) is 45.2 Å². The highest BCUT2D eigenvalue weighted by atomic mass is 32.2. The lowest BCUT2D eigenvalue weighted by Gasteiger charge is -2.37. The highest BCUT2D eigenvalue weighted by Gasteiger charge is 2.31. The van der Waals surface area contributed by atoms with Gasteiger partial charge in [-0.25, -0.2) is 0 Å². The second kappa shape index (κ2) is 6.01. The quantitative estimate of drug-likeness (QED) is 0.843. The summed E-state index contributed by atoms with van der Waals surface area (Å²) in [6, 6.07) is 0.614. The number of rotatable bonds is 3. The van der Waals surface area contributed by atoms with Gasteiger partial charge in [0.15, 0.2) is 5.82 Å². The molecule has 3 heterocycles. The number of aromatic nitrogens is 2. The van der Waals surface area contributed by atoms with Crippen LogP contribution in [0.2, 0.25) is 0 Å². The number of nitrogens with zero attached hydrogens (tertiary/aromatic N) is 4. The van der Waals surface area contributed by atoms with Crippen molar-refractivity contribution in [1.82, 2.24) is 19.9 Å². The Balaban J connectivity index is 1.64. The van der Waals surface area contributed by atoms with Gasteiger partial charge in [-0.2, -0.15) is 16.7 Å². The molecule has 1 aromatic heterocycles. The van der Waals surface area contributed by atoms with Crippen LogP contribution in [0.1, 0.15) is 17.6 Å². The molecule has 0 bridgehead atoms. The van der Waals surface area contributed by atoms with E-state index in [1.165, 1.54) is 0 Å². The van der Waals surface area contributed by atoms with Crippen molar-refractivity contribution in [3.8, 4) is 0 Å². The molecule has 2 aliphatic heterocycles. The molecule has 2 fully saturated rings. The topological polar surface area (TPSA) is 71.4 Å². The maximum Gasteiger partial charge on any atom is 0.232 e. The van der Waals surface area contributed by atoms with E-state index in [4.69, 9.17) is 10.3 Å². The third kappa shape index (κ3) is 3.00. The van der Waals surface area contributed by atoms with E-state index >= 15 is 0 Å². The third-order valence-electron chi connectivity index (χ3n) is 4.32. The van der Waals surface area contributed by atoms with Crippen LogP contribution in [0, 0.1) is 0 Å². The lowest BCUT2D eigenvalue weighted by Crippen LogP contribution is -2.50. The molecule has 1 aromatic rings. The second-order valence-electron chi connectivity index (χ2n) is 5.96. The Labute approximate surface area is 124 Å². The van der Waals surface area contributed by atoms with E-state index in [9.17, 15) is 0 Å². The van der Waals surface area contributed by atoms with Gasteiger partial charge < -0.3 is 20.1 Å². The summed E-state index contributed by atoms with van der Waals surface area (Å²) < 4.78 is 5.44. The Hall–Kier alpha value is -0.630. The molecule has 0 spiro atoms. The SMILES string of the molecule is CN1CCN(C)C(Cc2noc(C3CSCC3N)n2)C1. The summed E-state index contributed by atoms with van der Waals surface area (Å²) in [5.41, 5.74) is 6.08. The van der Waals surface area contributed by atoms with Crippen molar-refractivity contribution in [3.05, 3.63) is 11.7 Å². The first-order chi connectivity index (χ1) is 9.63. The third-order valence-corrected chi connectivity index (χ3v) is 5.54. The van der Waals surface area contributed by atoms with E-state index in [2.05, 4.69) is 34.0 Å². The molecule has 112 valence electrons. The van der Waals surface area contributed by atoms with Crippen LogP contribution in [0.25, 0.3) is 0 Å². The Morgan fingerprint density at radius 3 is 2.95 bits per heavy atom. The lowest BCUT2D eigenvalue weighted by atomic mass is 10.1. The summed E-state index contributed by atoms with van der Waals surface area (Å²) in [4.78, 5) is 9.32. The van der Waals surface area contributed by atoms with Crippen LogP contribution in [0.4, 0.5) is 0 Å². The summed E-state index contributed by atoms with van der Waals surface area (Å²) >= 11 is 1.86. The van der Waals surface area contributed by atoms with Crippen molar-refractivity contribution in [3.63, 3.8) is 0 Å². The summed E-state index contributed by atoms with van der Waals surface area (Å²) in [7, 11) is 4.33. The Bertz CT molecular complexity index is 454. The van der Waals surface area contributed by atoms with E-state index in [0.717, 1.165) is 49.3 Å². The van der Waals surface area contributed by atoms with Gasteiger partial charge in [0.25, 0.3) is 0 Å². The zero-order valence-electron chi connectivity index (χ0n) is 12.2. The minimum absolute atomic E-state index is 0.150. The van der Waals surface area contributed by atoms with Crippen LogP contribution < -0.4 is 5.73 Å². The van der Waals surface area contributed by atoms with Crippen LogP contribution in [-0.4, -0.2) is 77.3 Å². The van der Waals surface area contributed by atoms with E-state index in [-0.39, 0.29) is 12.0 Å². The Morgan fingerprint density at radius 2 is 2.20 bits per heavy atom. The predicted octanol–water partition coefficient (Wildman–Crippen LogP) is 0.0156. The van der Waals surface area contributed by atoms with E-state index in [1.807, 2.05) is 11.8 Å². The molecule has 2 N–H and O–H groups in total. The van der Waals surface area contributed by atoms with Gasteiger partial charge in [-0.1, -0.05) is 5.16 Å². The minimum atomic E-state index is 0.150. The predicted molar refractivity (Wildman–Crippen MR) is 80.0 cm³/mol. The first kappa shape index (κ1) is 14.3. The average molecular weight is 297 g/mol. The maximum atomic E-state index is 6.08. The Morgan fingerprint density at radius 1 is 1.35 bits per heavy atom. The summed E-state index contributed by atoms with van der Waals surface area (Å²) in [6.45, 7) is 3.27. The minimum Gasteiger partial charge on any atom is -0.339 e. The highest BCUT2D eigenvalue weighted by Crippen LogP contribution is 2.30. The zero-order valence-corrected chi connectivity index (χ0v) is 13.0. The number of hydrogen-bond acceptors (Lipinski definition) is 7. The molecule has 6 nitrogen and oxygen atoms in total. The molecule has 0 aromatic carbocycles. The van der Waals surface area contributed by atoms with Crippen molar-refractivity contribution in [1.29, 1.82) is 0 Å². The van der Waals surface area contributed by atoms with Gasteiger partial charge in [0.2, 0.25) is 5.89 Å². The standard InChI is InChI=1S/C13H23N5OS/c1-17-3-4-18(2)9(6-17)5-12-15-13(19-16-12)10-7-20-8-11(10)14/h9-11H,3-8,14H2,1-2H3. The van der Waals surface area contributed by atoms with Gasteiger partial charge in [0.05, 0.1) is 5.92 Å². The van der Waals surface area contributed by atoms with E-state index in [1.54, 1.807) is 0 Å². The first-order valence-electron chi connectivity index (χ1n) is 7.18. The van der Waals surface area contributed by atoms with Crippen LogP contribution in [0.5, 0.6) is 0 Å². The molecular formula is C13H23N5OS. The van der Waals surface area contributed by atoms with Gasteiger partial charge >= 0.3 is 0 Å². The van der Waals surface area contributed by atoms with E-state index < -0.39 is 0 Å². The smallest absolute Gasteiger partial charge is 0.232 e. The number of hydrogen-bond donors (Lipinski definition) is 1. The van der Waals surface area contributed by atoms with Gasteiger partial charge in [-0.15, -0.1) is 0 Å². The zero-order chi connectivity index (χ0) is 14.1.